The molecule has 0 bridgehead atoms. The van der Waals surface area contributed by atoms with Crippen molar-refractivity contribution in [2.45, 2.75) is 0 Å². The van der Waals surface area contributed by atoms with Gasteiger partial charge in [-0.1, -0.05) is 4.98 Å². The quantitative estimate of drug-likeness (QED) is 0.284. The van der Waals surface area contributed by atoms with Crippen LogP contribution < -0.4 is 11.5 Å². The molecule has 0 radical (unpaired) electrons. The number of imidazole rings is 1. The molecule has 0 fully saturated rings. The van der Waals surface area contributed by atoms with E-state index in [-0.39, 0.29) is 11.9 Å². The molecule has 1 aromatic heterocycles. The summed E-state index contributed by atoms with van der Waals surface area (Å²) in [4.78, 5) is 13.4. The summed E-state index contributed by atoms with van der Waals surface area (Å²) in [5.41, 5.74) is 10.5. The van der Waals surface area contributed by atoms with Gasteiger partial charge in [-0.25, -0.2) is 4.57 Å². The smallest absolute Gasteiger partial charge is 0.390 e. The minimum absolute atomic E-state index is 0.192. The molecule has 0 spiro atoms. The third kappa shape index (κ3) is 2.49. The first kappa shape index (κ1) is 10.6. The number of hydrogen-bond acceptors (Lipinski definition) is 5. The average Bonchev–Trinajstić information content (AvgIpc) is 2.47. The Morgan fingerprint density at radius 1 is 1.73 bits per heavy atom. The van der Waals surface area contributed by atoms with Crippen LogP contribution in [0.5, 0.6) is 0 Å². The maximum Gasteiger partial charge on any atom is 0.434 e. The topological polar surface area (TPSA) is 138 Å². The maximum atomic E-state index is 10.4. The molecular formula is C6H9N7O2. The van der Waals surface area contributed by atoms with Gasteiger partial charge in [-0.05, 0) is 4.92 Å². The van der Waals surface area contributed by atoms with Gasteiger partial charge in [-0.15, -0.1) is 5.10 Å². The number of nitrogens with zero attached hydrogens (tertiary/aromatic N) is 5. The van der Waals surface area contributed by atoms with Crippen molar-refractivity contribution in [1.29, 1.82) is 0 Å². The minimum atomic E-state index is -0.599. The van der Waals surface area contributed by atoms with Gasteiger partial charge in [0.1, 0.15) is 6.20 Å². The summed E-state index contributed by atoms with van der Waals surface area (Å²) in [5, 5.41) is 17.3. The molecule has 9 heteroatoms. The Bertz CT molecular complexity index is 429. The lowest BCUT2D eigenvalue weighted by Crippen LogP contribution is -2.21. The van der Waals surface area contributed by atoms with E-state index in [1.165, 1.54) is 24.0 Å². The molecule has 0 saturated heterocycles. The largest absolute Gasteiger partial charge is 0.434 e. The van der Waals surface area contributed by atoms with Crippen LogP contribution in [-0.4, -0.2) is 26.6 Å². The zero-order valence-corrected chi connectivity index (χ0v) is 7.86. The van der Waals surface area contributed by atoms with Crippen LogP contribution in [-0.2, 0) is 7.05 Å². The molecule has 0 aliphatic heterocycles. The van der Waals surface area contributed by atoms with Crippen molar-refractivity contribution in [3.63, 3.8) is 0 Å². The van der Waals surface area contributed by atoms with Crippen molar-refractivity contribution in [2.75, 3.05) is 0 Å². The van der Waals surface area contributed by atoms with Gasteiger partial charge in [0.25, 0.3) is 0 Å². The van der Waals surface area contributed by atoms with Gasteiger partial charge in [0, 0.05) is 0 Å². The fraction of sp³-hybridized carbons (Fsp3) is 0.167. The highest BCUT2D eigenvalue weighted by molar-refractivity contribution is 5.80. The molecule has 80 valence electrons. The van der Waals surface area contributed by atoms with E-state index in [9.17, 15) is 10.1 Å². The van der Waals surface area contributed by atoms with E-state index in [1.807, 2.05) is 0 Å². The second-order valence-corrected chi connectivity index (χ2v) is 2.57. The van der Waals surface area contributed by atoms with Crippen LogP contribution in [0.2, 0.25) is 0 Å². The van der Waals surface area contributed by atoms with Gasteiger partial charge in [0.2, 0.25) is 5.96 Å². The van der Waals surface area contributed by atoms with Crippen LogP contribution >= 0.6 is 0 Å². The van der Waals surface area contributed by atoms with Crippen molar-refractivity contribution in [2.24, 2.45) is 28.7 Å². The lowest BCUT2D eigenvalue weighted by molar-refractivity contribution is -0.396. The molecule has 0 atom stereocenters. The first-order valence-electron chi connectivity index (χ1n) is 3.80. The van der Waals surface area contributed by atoms with Crippen molar-refractivity contribution in [1.82, 2.24) is 9.55 Å². The van der Waals surface area contributed by atoms with Gasteiger partial charge < -0.3 is 21.6 Å². The lowest BCUT2D eigenvalue weighted by atomic mass is 10.5. The van der Waals surface area contributed by atoms with Gasteiger partial charge in [0.05, 0.1) is 13.3 Å². The summed E-state index contributed by atoms with van der Waals surface area (Å²) in [6.07, 6.45) is 2.56. The standard InChI is InChI=1S/C6H9N7O2/c1-12-4(3-10-11-5(7)8)2-9-6(12)13(14)15/h2-3H,1H3,(H4,7,8,11). The Morgan fingerprint density at radius 3 is 2.87 bits per heavy atom. The third-order valence-electron chi connectivity index (χ3n) is 1.53. The van der Waals surface area contributed by atoms with Gasteiger partial charge in [-0.2, -0.15) is 5.10 Å². The Kier molecular flexibility index (Phi) is 2.96. The lowest BCUT2D eigenvalue weighted by Gasteiger charge is -1.93. The monoisotopic (exact) mass is 211 g/mol. The SMILES string of the molecule is Cn1c(C=NN=C(N)N)cnc1[N+](=O)[O-]. The fourth-order valence-corrected chi connectivity index (χ4v) is 0.857. The minimum Gasteiger partial charge on any atom is -0.390 e. The first-order chi connectivity index (χ1) is 7.02. The normalized spacial score (nSPS) is 10.5. The highest BCUT2D eigenvalue weighted by Gasteiger charge is 2.15. The predicted molar refractivity (Wildman–Crippen MR) is 53.3 cm³/mol. The van der Waals surface area contributed by atoms with E-state index < -0.39 is 4.92 Å². The molecule has 0 aromatic carbocycles. The maximum absolute atomic E-state index is 10.4. The second-order valence-electron chi connectivity index (χ2n) is 2.57. The fourth-order valence-electron chi connectivity index (χ4n) is 0.857. The molecule has 0 amide bonds. The van der Waals surface area contributed by atoms with Crippen LogP contribution in [0.3, 0.4) is 0 Å². The number of nitrogens with two attached hydrogens (primary N) is 2. The molecule has 0 aliphatic rings. The molecule has 1 rings (SSSR count). The number of nitro groups is 1. The Labute approximate surface area is 84.3 Å². The van der Waals surface area contributed by atoms with E-state index in [0.717, 1.165) is 0 Å². The zero-order valence-electron chi connectivity index (χ0n) is 7.86. The van der Waals surface area contributed by atoms with Gasteiger partial charge in [0.15, 0.2) is 5.69 Å². The van der Waals surface area contributed by atoms with E-state index in [0.29, 0.717) is 5.69 Å². The molecule has 0 aliphatic carbocycles. The summed E-state index contributed by atoms with van der Waals surface area (Å²) in [6.45, 7) is 0. The van der Waals surface area contributed by atoms with Crippen LogP contribution in [0.1, 0.15) is 5.69 Å². The van der Waals surface area contributed by atoms with E-state index in [2.05, 4.69) is 15.2 Å². The molecule has 0 saturated carbocycles. The van der Waals surface area contributed by atoms with Crippen molar-refractivity contribution in [3.8, 4) is 0 Å². The molecule has 9 nitrogen and oxygen atoms in total. The zero-order chi connectivity index (χ0) is 11.4. The van der Waals surface area contributed by atoms with Crippen molar-refractivity contribution < 1.29 is 4.92 Å². The summed E-state index contributed by atoms with van der Waals surface area (Å²) >= 11 is 0. The van der Waals surface area contributed by atoms with E-state index in [4.69, 9.17) is 11.5 Å². The average molecular weight is 211 g/mol. The van der Waals surface area contributed by atoms with Crippen LogP contribution in [0.15, 0.2) is 16.4 Å². The number of hydrogen-bond donors (Lipinski definition) is 2. The van der Waals surface area contributed by atoms with Crippen LogP contribution in [0.25, 0.3) is 0 Å². The molecule has 1 heterocycles. The highest BCUT2D eigenvalue weighted by Crippen LogP contribution is 2.08. The summed E-state index contributed by atoms with van der Waals surface area (Å²) < 4.78 is 1.26. The van der Waals surface area contributed by atoms with E-state index >= 15 is 0 Å². The van der Waals surface area contributed by atoms with Crippen LogP contribution in [0, 0.1) is 10.1 Å². The van der Waals surface area contributed by atoms with Crippen LogP contribution in [0.4, 0.5) is 5.95 Å². The number of rotatable bonds is 3. The summed E-state index contributed by atoms with van der Waals surface area (Å²) in [6, 6.07) is 0. The summed E-state index contributed by atoms with van der Waals surface area (Å²) in [7, 11) is 1.49. The molecular weight excluding hydrogens is 202 g/mol. The molecule has 0 unspecified atom stereocenters. The first-order valence-corrected chi connectivity index (χ1v) is 3.80. The Balaban J connectivity index is 2.93. The Hall–Kier alpha value is -2.45. The highest BCUT2D eigenvalue weighted by atomic mass is 16.6. The molecule has 4 N–H and O–H groups in total. The molecule has 15 heavy (non-hydrogen) atoms. The van der Waals surface area contributed by atoms with E-state index in [1.54, 1.807) is 0 Å². The Morgan fingerprint density at radius 2 is 2.40 bits per heavy atom. The van der Waals surface area contributed by atoms with Crippen molar-refractivity contribution in [3.05, 3.63) is 22.0 Å². The van der Waals surface area contributed by atoms with Crippen molar-refractivity contribution >= 4 is 18.1 Å². The number of aromatic nitrogens is 2. The van der Waals surface area contributed by atoms with Gasteiger partial charge >= 0.3 is 5.95 Å². The van der Waals surface area contributed by atoms with Gasteiger partial charge in [-0.3, -0.25) is 0 Å². The third-order valence-corrected chi connectivity index (χ3v) is 1.53. The second kappa shape index (κ2) is 4.17. The summed E-state index contributed by atoms with van der Waals surface area (Å²) in [5.74, 6) is -0.468. The predicted octanol–water partition coefficient (Wildman–Crippen LogP) is -1.06. The number of guanidine groups is 1. The molecule has 1 aromatic rings.